The first-order valence-corrected chi connectivity index (χ1v) is 9.65. The Morgan fingerprint density at radius 1 is 0.846 bits per heavy atom. The van der Waals surface area contributed by atoms with Gasteiger partial charge in [0.1, 0.15) is 0 Å². The highest BCUT2D eigenvalue weighted by Crippen LogP contribution is 2.04. The Morgan fingerprint density at radius 3 is 1.92 bits per heavy atom. The summed E-state index contributed by atoms with van der Waals surface area (Å²) in [5.41, 5.74) is 2.49. The second-order valence-corrected chi connectivity index (χ2v) is 6.64. The van der Waals surface area contributed by atoms with Crippen LogP contribution in [0.25, 0.3) is 0 Å². The lowest BCUT2D eigenvalue weighted by Crippen LogP contribution is -2.50. The van der Waals surface area contributed by atoms with Crippen LogP contribution in [-0.2, 0) is 13.1 Å². The zero-order chi connectivity index (χ0) is 18.6. The minimum atomic E-state index is -0.415. The van der Waals surface area contributed by atoms with E-state index in [9.17, 15) is 5.11 Å². The van der Waals surface area contributed by atoms with E-state index in [0.29, 0.717) is 6.54 Å². The highest BCUT2D eigenvalue weighted by Gasteiger charge is 2.20. The number of nitrogens with zero attached hydrogens (tertiary/aromatic N) is 1. The number of aliphatic hydroxyl groups is 1. The number of nitrogens with one attached hydrogen (secondary N) is 2. The van der Waals surface area contributed by atoms with E-state index in [1.807, 2.05) is 24.3 Å². The number of benzene rings is 2. The maximum atomic E-state index is 10.8. The van der Waals surface area contributed by atoms with Crippen molar-refractivity contribution in [2.75, 3.05) is 26.2 Å². The van der Waals surface area contributed by atoms with Gasteiger partial charge in [0.25, 0.3) is 0 Å². The van der Waals surface area contributed by atoms with E-state index in [0.717, 1.165) is 32.7 Å². The van der Waals surface area contributed by atoms with E-state index in [1.165, 1.54) is 11.1 Å². The van der Waals surface area contributed by atoms with Crippen LogP contribution in [0.2, 0.25) is 0 Å². The zero-order valence-corrected chi connectivity index (χ0v) is 16.1. The molecule has 0 radical (unpaired) electrons. The summed E-state index contributed by atoms with van der Waals surface area (Å²) < 4.78 is 0. The standard InChI is InChI=1S/C22H33N3O/c1-3-25(4-2)18-22(26)21(24-16-20-13-9-6-10-14-20)17-23-15-19-11-7-5-8-12-19/h5-14,21-24,26H,3-4,15-18H2,1-2H3. The third-order valence-corrected chi connectivity index (χ3v) is 4.75. The van der Waals surface area contributed by atoms with E-state index in [-0.39, 0.29) is 6.04 Å². The van der Waals surface area contributed by atoms with Gasteiger partial charge in [0, 0.05) is 32.2 Å². The summed E-state index contributed by atoms with van der Waals surface area (Å²) in [5, 5.41) is 17.8. The fourth-order valence-corrected chi connectivity index (χ4v) is 3.03. The van der Waals surface area contributed by atoms with Gasteiger partial charge in [-0.1, -0.05) is 74.5 Å². The molecule has 0 aliphatic rings. The Labute approximate surface area is 158 Å². The maximum Gasteiger partial charge on any atom is 0.0832 e. The third-order valence-electron chi connectivity index (χ3n) is 4.75. The van der Waals surface area contributed by atoms with Gasteiger partial charge in [-0.05, 0) is 24.2 Å². The van der Waals surface area contributed by atoms with Gasteiger partial charge < -0.3 is 20.6 Å². The zero-order valence-electron chi connectivity index (χ0n) is 16.1. The summed E-state index contributed by atoms with van der Waals surface area (Å²) in [7, 11) is 0. The van der Waals surface area contributed by atoms with Crippen LogP contribution in [0, 0.1) is 0 Å². The molecule has 3 N–H and O–H groups in total. The number of aliphatic hydroxyl groups excluding tert-OH is 1. The van der Waals surface area contributed by atoms with Crippen LogP contribution in [0.4, 0.5) is 0 Å². The minimum Gasteiger partial charge on any atom is -0.390 e. The fraction of sp³-hybridized carbons (Fsp3) is 0.455. The van der Waals surface area contributed by atoms with Gasteiger partial charge in [-0.3, -0.25) is 0 Å². The summed E-state index contributed by atoms with van der Waals surface area (Å²) in [6, 6.07) is 20.7. The van der Waals surface area contributed by atoms with E-state index in [2.05, 4.69) is 65.8 Å². The monoisotopic (exact) mass is 355 g/mol. The van der Waals surface area contributed by atoms with Crippen molar-refractivity contribution in [3.8, 4) is 0 Å². The number of likely N-dealkylation sites (N-methyl/N-ethyl adjacent to an activating group) is 1. The molecule has 0 aliphatic heterocycles. The molecule has 0 fully saturated rings. The molecule has 0 bridgehead atoms. The molecule has 4 heteroatoms. The molecule has 142 valence electrons. The van der Waals surface area contributed by atoms with Gasteiger partial charge in [-0.25, -0.2) is 0 Å². The molecule has 0 amide bonds. The molecule has 0 aromatic heterocycles. The Bertz CT molecular complexity index is 587. The van der Waals surface area contributed by atoms with Crippen molar-refractivity contribution < 1.29 is 5.11 Å². The Kier molecular flexibility index (Phi) is 9.35. The fourth-order valence-electron chi connectivity index (χ4n) is 3.03. The molecule has 0 heterocycles. The molecule has 0 spiro atoms. The highest BCUT2D eigenvalue weighted by atomic mass is 16.3. The molecular formula is C22H33N3O. The number of hydrogen-bond acceptors (Lipinski definition) is 4. The topological polar surface area (TPSA) is 47.5 Å². The van der Waals surface area contributed by atoms with Crippen LogP contribution in [0.3, 0.4) is 0 Å². The predicted octanol–water partition coefficient (Wildman–Crippen LogP) is 2.64. The smallest absolute Gasteiger partial charge is 0.0832 e. The van der Waals surface area contributed by atoms with E-state index >= 15 is 0 Å². The molecule has 2 aromatic carbocycles. The molecule has 0 saturated carbocycles. The van der Waals surface area contributed by atoms with Crippen LogP contribution in [0.5, 0.6) is 0 Å². The summed E-state index contributed by atoms with van der Waals surface area (Å²) in [4.78, 5) is 2.26. The van der Waals surface area contributed by atoms with Crippen LogP contribution < -0.4 is 10.6 Å². The number of hydrogen-bond donors (Lipinski definition) is 3. The van der Waals surface area contributed by atoms with E-state index < -0.39 is 6.10 Å². The molecule has 26 heavy (non-hydrogen) atoms. The van der Waals surface area contributed by atoms with Crippen LogP contribution in [-0.4, -0.2) is 48.3 Å². The van der Waals surface area contributed by atoms with Gasteiger partial charge in [-0.15, -0.1) is 0 Å². The normalized spacial score (nSPS) is 13.7. The van der Waals surface area contributed by atoms with Gasteiger partial charge in [0.05, 0.1) is 6.10 Å². The highest BCUT2D eigenvalue weighted by molar-refractivity contribution is 5.15. The quantitative estimate of drug-likeness (QED) is 0.548. The van der Waals surface area contributed by atoms with Crippen molar-refractivity contribution >= 4 is 0 Å². The summed E-state index contributed by atoms with van der Waals surface area (Å²) in [5.74, 6) is 0. The second kappa shape index (κ2) is 11.8. The van der Waals surface area contributed by atoms with Crippen LogP contribution >= 0.6 is 0 Å². The molecule has 0 saturated heterocycles. The first-order valence-electron chi connectivity index (χ1n) is 9.65. The van der Waals surface area contributed by atoms with E-state index in [1.54, 1.807) is 0 Å². The molecular weight excluding hydrogens is 322 g/mol. The van der Waals surface area contributed by atoms with Crippen LogP contribution in [0.1, 0.15) is 25.0 Å². The van der Waals surface area contributed by atoms with Crippen molar-refractivity contribution in [3.05, 3.63) is 71.8 Å². The maximum absolute atomic E-state index is 10.8. The Hall–Kier alpha value is -1.72. The molecule has 2 atom stereocenters. The lowest BCUT2D eigenvalue weighted by atomic mass is 10.1. The average Bonchev–Trinajstić information content (AvgIpc) is 2.70. The first kappa shape index (κ1) is 20.6. The van der Waals surface area contributed by atoms with Gasteiger partial charge in [0.2, 0.25) is 0 Å². The number of rotatable bonds is 12. The first-order chi connectivity index (χ1) is 12.7. The van der Waals surface area contributed by atoms with Crippen LogP contribution in [0.15, 0.2) is 60.7 Å². The predicted molar refractivity (Wildman–Crippen MR) is 109 cm³/mol. The molecule has 0 aliphatic carbocycles. The van der Waals surface area contributed by atoms with Crippen molar-refractivity contribution in [2.45, 2.75) is 39.1 Å². The van der Waals surface area contributed by atoms with Gasteiger partial charge in [0.15, 0.2) is 0 Å². The van der Waals surface area contributed by atoms with E-state index in [4.69, 9.17) is 0 Å². The van der Waals surface area contributed by atoms with Gasteiger partial charge in [-0.2, -0.15) is 0 Å². The summed E-state index contributed by atoms with van der Waals surface area (Å²) in [6.07, 6.45) is -0.415. The summed E-state index contributed by atoms with van der Waals surface area (Å²) in [6.45, 7) is 9.16. The second-order valence-electron chi connectivity index (χ2n) is 6.64. The average molecular weight is 356 g/mol. The van der Waals surface area contributed by atoms with Crippen molar-refractivity contribution in [3.63, 3.8) is 0 Å². The molecule has 2 unspecified atom stereocenters. The Balaban J connectivity index is 1.90. The van der Waals surface area contributed by atoms with Gasteiger partial charge >= 0.3 is 0 Å². The molecule has 2 rings (SSSR count). The van der Waals surface area contributed by atoms with Crippen molar-refractivity contribution in [1.82, 2.24) is 15.5 Å². The lowest BCUT2D eigenvalue weighted by Gasteiger charge is -2.29. The van der Waals surface area contributed by atoms with Crippen molar-refractivity contribution in [2.24, 2.45) is 0 Å². The minimum absolute atomic E-state index is 0.000446. The lowest BCUT2D eigenvalue weighted by molar-refractivity contribution is 0.0819. The molecule has 4 nitrogen and oxygen atoms in total. The van der Waals surface area contributed by atoms with Crippen molar-refractivity contribution in [1.29, 1.82) is 0 Å². The third kappa shape index (κ3) is 7.26. The SMILES string of the molecule is CCN(CC)CC(O)C(CNCc1ccccc1)NCc1ccccc1. The summed E-state index contributed by atoms with van der Waals surface area (Å²) >= 11 is 0. The Morgan fingerprint density at radius 2 is 1.38 bits per heavy atom. The molecule has 2 aromatic rings. The largest absolute Gasteiger partial charge is 0.390 e.